The standard InChI is InChI=1S/C19H18BrNO2.C18H18BrNO3/c1-2-11-19(15-7-4-3-5-8-15)12-13-21(18(22)23-19)17-10-6-9-16(20)14-17;19-15-7-4-8-16(13-15)20-11-9-18(10-12-21,23-17(20)22)14-5-2-1-3-6-14/h2-10,14H,1,11-13H2;1-8,13,21H,9-12H2. The third kappa shape index (κ3) is 7.54. The monoisotopic (exact) mass is 746 g/mol. The Morgan fingerprint density at radius 2 is 1.15 bits per heavy atom. The molecular formula is C37H36Br2N2O5. The Morgan fingerprint density at radius 1 is 0.696 bits per heavy atom. The maximum Gasteiger partial charge on any atom is 0.415 e. The van der Waals surface area contributed by atoms with Gasteiger partial charge in [0.05, 0.1) is 0 Å². The van der Waals surface area contributed by atoms with E-state index in [0.717, 1.165) is 37.9 Å². The van der Waals surface area contributed by atoms with Crippen LogP contribution in [0, 0.1) is 0 Å². The molecule has 0 aromatic heterocycles. The Balaban J connectivity index is 0.000000181. The number of rotatable bonds is 8. The first kappa shape index (κ1) is 33.4. The van der Waals surface area contributed by atoms with Crippen LogP contribution in [0.5, 0.6) is 0 Å². The molecule has 6 rings (SSSR count). The molecule has 2 aliphatic rings. The fourth-order valence-corrected chi connectivity index (χ4v) is 6.73. The highest BCUT2D eigenvalue weighted by Crippen LogP contribution is 2.40. The summed E-state index contributed by atoms with van der Waals surface area (Å²) in [6.07, 6.45) is 3.47. The molecule has 238 valence electrons. The van der Waals surface area contributed by atoms with Crippen LogP contribution in [0.15, 0.2) is 131 Å². The largest absolute Gasteiger partial charge is 0.437 e. The van der Waals surface area contributed by atoms with E-state index in [9.17, 15) is 14.7 Å². The zero-order chi connectivity index (χ0) is 32.6. The quantitative estimate of drug-likeness (QED) is 0.182. The average molecular weight is 749 g/mol. The van der Waals surface area contributed by atoms with Crippen LogP contribution in [-0.4, -0.2) is 37.0 Å². The van der Waals surface area contributed by atoms with Gasteiger partial charge in [0.15, 0.2) is 0 Å². The third-order valence-electron chi connectivity index (χ3n) is 8.31. The lowest BCUT2D eigenvalue weighted by Crippen LogP contribution is -2.48. The highest BCUT2D eigenvalue weighted by Gasteiger charge is 2.43. The summed E-state index contributed by atoms with van der Waals surface area (Å²) < 4.78 is 13.6. The number of amides is 2. The summed E-state index contributed by atoms with van der Waals surface area (Å²) in [5.41, 5.74) is 2.20. The van der Waals surface area contributed by atoms with Gasteiger partial charge in [-0.2, -0.15) is 0 Å². The fourth-order valence-electron chi connectivity index (χ4n) is 5.96. The molecule has 2 heterocycles. The first-order valence-electron chi connectivity index (χ1n) is 15.1. The summed E-state index contributed by atoms with van der Waals surface area (Å²) in [7, 11) is 0. The Hall–Kier alpha value is -3.92. The minimum absolute atomic E-state index is 0.0287. The summed E-state index contributed by atoms with van der Waals surface area (Å²) in [6.45, 7) is 4.95. The van der Waals surface area contributed by atoms with Crippen molar-refractivity contribution in [1.82, 2.24) is 0 Å². The predicted molar refractivity (Wildman–Crippen MR) is 188 cm³/mol. The smallest absolute Gasteiger partial charge is 0.415 e. The van der Waals surface area contributed by atoms with E-state index < -0.39 is 11.2 Å². The molecule has 2 atom stereocenters. The van der Waals surface area contributed by atoms with Gasteiger partial charge in [0.2, 0.25) is 0 Å². The molecule has 0 spiro atoms. The van der Waals surface area contributed by atoms with Crippen LogP contribution < -0.4 is 9.80 Å². The lowest BCUT2D eigenvalue weighted by molar-refractivity contribution is -0.0257. The third-order valence-corrected chi connectivity index (χ3v) is 9.30. The molecule has 9 heteroatoms. The lowest BCUT2D eigenvalue weighted by Gasteiger charge is -2.41. The second-order valence-corrected chi connectivity index (χ2v) is 13.0. The highest BCUT2D eigenvalue weighted by atomic mass is 79.9. The summed E-state index contributed by atoms with van der Waals surface area (Å²) >= 11 is 6.86. The van der Waals surface area contributed by atoms with Crippen LogP contribution in [0.1, 0.15) is 36.8 Å². The number of nitrogens with zero attached hydrogens (tertiary/aromatic N) is 2. The van der Waals surface area contributed by atoms with Gasteiger partial charge in [0, 0.05) is 65.7 Å². The van der Waals surface area contributed by atoms with Gasteiger partial charge < -0.3 is 14.6 Å². The number of carbonyl (C=O) groups excluding carboxylic acids is 2. The molecule has 1 N–H and O–H groups in total. The molecule has 0 saturated carbocycles. The van der Waals surface area contributed by atoms with E-state index in [1.807, 2.05) is 115 Å². The average Bonchev–Trinajstić information content (AvgIpc) is 3.06. The number of cyclic esters (lactones) is 2. The maximum atomic E-state index is 12.6. The van der Waals surface area contributed by atoms with Crippen LogP contribution >= 0.6 is 31.9 Å². The molecule has 0 radical (unpaired) electrons. The number of carbonyl (C=O) groups is 2. The lowest BCUT2D eigenvalue weighted by atomic mass is 9.86. The normalized spacial score (nSPS) is 21.0. The van der Waals surface area contributed by atoms with Crippen molar-refractivity contribution in [3.63, 3.8) is 0 Å². The highest BCUT2D eigenvalue weighted by molar-refractivity contribution is 9.10. The van der Waals surface area contributed by atoms with Crippen LogP contribution in [0.25, 0.3) is 0 Å². The summed E-state index contributed by atoms with van der Waals surface area (Å²) in [5, 5.41) is 9.44. The molecule has 2 amide bonds. The van der Waals surface area contributed by atoms with Gasteiger partial charge >= 0.3 is 12.2 Å². The van der Waals surface area contributed by atoms with Crippen molar-refractivity contribution in [2.75, 3.05) is 29.5 Å². The number of ether oxygens (including phenoxy) is 2. The first-order chi connectivity index (χ1) is 22.3. The minimum atomic E-state index is -0.754. The van der Waals surface area contributed by atoms with Crippen LogP contribution in [0.4, 0.5) is 21.0 Å². The van der Waals surface area contributed by atoms with Crippen molar-refractivity contribution < 1.29 is 24.2 Å². The Labute approximate surface area is 286 Å². The minimum Gasteiger partial charge on any atom is -0.437 e. The molecule has 7 nitrogen and oxygen atoms in total. The number of anilines is 2. The maximum absolute atomic E-state index is 12.6. The zero-order valence-corrected chi connectivity index (χ0v) is 28.5. The second-order valence-electron chi connectivity index (χ2n) is 11.2. The SMILES string of the molecule is C=CCC1(c2ccccc2)CCN(c2cccc(Br)c2)C(=O)O1.O=C1OC(CCO)(c2ccccc2)CCN1c1cccc(Br)c1. The molecular weight excluding hydrogens is 712 g/mol. The molecule has 4 aromatic carbocycles. The van der Waals surface area contributed by atoms with Crippen molar-refractivity contribution in [3.8, 4) is 0 Å². The van der Waals surface area contributed by atoms with Crippen molar-refractivity contribution in [1.29, 1.82) is 0 Å². The van der Waals surface area contributed by atoms with Crippen molar-refractivity contribution in [2.45, 2.75) is 36.9 Å². The molecule has 0 aliphatic carbocycles. The van der Waals surface area contributed by atoms with Gasteiger partial charge in [-0.1, -0.05) is 111 Å². The number of benzene rings is 4. The molecule has 2 unspecified atom stereocenters. The summed E-state index contributed by atoms with van der Waals surface area (Å²) in [5.74, 6) is 0. The fraction of sp³-hybridized carbons (Fsp3) is 0.243. The number of hydrogen-bond acceptors (Lipinski definition) is 5. The Bertz CT molecular complexity index is 1650. The van der Waals surface area contributed by atoms with E-state index in [1.165, 1.54) is 0 Å². The number of halogens is 2. The van der Waals surface area contributed by atoms with Gasteiger partial charge in [-0.25, -0.2) is 9.59 Å². The second kappa shape index (κ2) is 15.1. The Morgan fingerprint density at radius 3 is 1.59 bits per heavy atom. The van der Waals surface area contributed by atoms with Gasteiger partial charge in [0.25, 0.3) is 0 Å². The zero-order valence-electron chi connectivity index (χ0n) is 25.4. The van der Waals surface area contributed by atoms with Crippen molar-refractivity contribution >= 4 is 55.4 Å². The van der Waals surface area contributed by atoms with E-state index in [2.05, 4.69) is 38.4 Å². The molecule has 46 heavy (non-hydrogen) atoms. The molecule has 2 saturated heterocycles. The molecule has 2 fully saturated rings. The molecule has 0 bridgehead atoms. The van der Waals surface area contributed by atoms with Crippen LogP contribution in [-0.2, 0) is 20.7 Å². The number of aliphatic hydroxyl groups excluding tert-OH is 1. The topological polar surface area (TPSA) is 79.3 Å². The summed E-state index contributed by atoms with van der Waals surface area (Å²) in [6, 6.07) is 34.8. The summed E-state index contributed by atoms with van der Waals surface area (Å²) in [4.78, 5) is 28.5. The van der Waals surface area contributed by atoms with Crippen LogP contribution in [0.2, 0.25) is 0 Å². The first-order valence-corrected chi connectivity index (χ1v) is 16.7. The van der Waals surface area contributed by atoms with E-state index >= 15 is 0 Å². The molecule has 4 aromatic rings. The van der Waals surface area contributed by atoms with Gasteiger partial charge in [-0.3, -0.25) is 9.80 Å². The van der Waals surface area contributed by atoms with Crippen molar-refractivity contribution in [2.24, 2.45) is 0 Å². The van der Waals surface area contributed by atoms with Crippen molar-refractivity contribution in [3.05, 3.63) is 142 Å². The van der Waals surface area contributed by atoms with Gasteiger partial charge in [0.1, 0.15) is 11.2 Å². The number of aliphatic hydroxyl groups is 1. The predicted octanol–water partition coefficient (Wildman–Crippen LogP) is 9.34. The van der Waals surface area contributed by atoms with E-state index in [-0.39, 0.29) is 18.8 Å². The van der Waals surface area contributed by atoms with E-state index in [0.29, 0.717) is 32.4 Å². The molecule has 2 aliphatic heterocycles. The van der Waals surface area contributed by atoms with Gasteiger partial charge in [-0.15, -0.1) is 6.58 Å². The van der Waals surface area contributed by atoms with E-state index in [4.69, 9.17) is 9.47 Å². The number of hydrogen-bond donors (Lipinski definition) is 1. The van der Waals surface area contributed by atoms with Crippen LogP contribution in [0.3, 0.4) is 0 Å². The van der Waals surface area contributed by atoms with E-state index in [1.54, 1.807) is 9.80 Å². The van der Waals surface area contributed by atoms with Gasteiger partial charge in [-0.05, 0) is 47.5 Å². The Kier molecular flexibility index (Phi) is 11.0.